The lowest BCUT2D eigenvalue weighted by Gasteiger charge is -2.34. The van der Waals surface area contributed by atoms with Crippen LogP contribution in [-0.2, 0) is 19.1 Å². The van der Waals surface area contributed by atoms with Crippen LogP contribution in [0.25, 0.3) is 0 Å². The maximum atomic E-state index is 12.3. The molecule has 0 spiro atoms. The van der Waals surface area contributed by atoms with Crippen LogP contribution in [0, 0.1) is 11.8 Å². The molecule has 0 aromatic heterocycles. The van der Waals surface area contributed by atoms with Gasteiger partial charge in [-0.05, 0) is 18.9 Å². The van der Waals surface area contributed by atoms with Crippen LogP contribution in [0.5, 0.6) is 0 Å². The van der Waals surface area contributed by atoms with Crippen molar-refractivity contribution < 1.29 is 19.1 Å². The van der Waals surface area contributed by atoms with Gasteiger partial charge in [0.25, 0.3) is 0 Å². The van der Waals surface area contributed by atoms with Crippen molar-refractivity contribution >= 4 is 17.7 Å². The summed E-state index contributed by atoms with van der Waals surface area (Å²) in [6, 6.07) is 0. The highest BCUT2D eigenvalue weighted by molar-refractivity contribution is 5.78. The number of amides is 3. The molecule has 0 atom stereocenters. The van der Waals surface area contributed by atoms with Crippen molar-refractivity contribution in [2.75, 3.05) is 59.0 Å². The van der Waals surface area contributed by atoms with Gasteiger partial charge in [0.05, 0.1) is 19.6 Å². The smallest absolute Gasteiger partial charge is 0.224 e. The third-order valence-corrected chi connectivity index (χ3v) is 4.82. The second-order valence-corrected chi connectivity index (χ2v) is 8.33. The average molecular weight is 413 g/mol. The fourth-order valence-electron chi connectivity index (χ4n) is 3.06. The van der Waals surface area contributed by atoms with Gasteiger partial charge in [-0.1, -0.05) is 27.7 Å². The highest BCUT2D eigenvalue weighted by Gasteiger charge is 2.20. The molecule has 8 heteroatoms. The molecule has 168 valence electrons. The number of carbonyl (C=O) groups is 3. The SMILES string of the molecule is CC(C)CC(=O)NCCCN1CCN(C(=O)CCOCCNC(=O)C(C)C)CC1. The maximum Gasteiger partial charge on any atom is 0.224 e. The minimum atomic E-state index is -0.0288. The largest absolute Gasteiger partial charge is 0.379 e. The zero-order valence-corrected chi connectivity index (χ0v) is 18.7. The molecule has 0 aromatic carbocycles. The van der Waals surface area contributed by atoms with Gasteiger partial charge in [-0.2, -0.15) is 0 Å². The Morgan fingerprint density at radius 3 is 2.24 bits per heavy atom. The number of carbonyl (C=O) groups excluding carboxylic acids is 3. The van der Waals surface area contributed by atoms with Gasteiger partial charge in [0.2, 0.25) is 17.7 Å². The summed E-state index contributed by atoms with van der Waals surface area (Å²) in [5, 5.41) is 5.75. The van der Waals surface area contributed by atoms with Crippen molar-refractivity contribution in [2.24, 2.45) is 11.8 Å². The molecule has 0 aliphatic carbocycles. The van der Waals surface area contributed by atoms with Crippen LogP contribution in [0.3, 0.4) is 0 Å². The van der Waals surface area contributed by atoms with Crippen molar-refractivity contribution in [2.45, 2.75) is 47.0 Å². The lowest BCUT2D eigenvalue weighted by Crippen LogP contribution is -2.49. The molecule has 1 heterocycles. The first-order valence-electron chi connectivity index (χ1n) is 10.9. The number of piperazine rings is 1. The fraction of sp³-hybridized carbons (Fsp3) is 0.857. The summed E-state index contributed by atoms with van der Waals surface area (Å²) in [7, 11) is 0. The van der Waals surface area contributed by atoms with E-state index < -0.39 is 0 Å². The molecule has 1 rings (SSSR count). The Hall–Kier alpha value is -1.67. The van der Waals surface area contributed by atoms with E-state index in [2.05, 4.69) is 15.5 Å². The number of nitrogens with one attached hydrogen (secondary N) is 2. The van der Waals surface area contributed by atoms with Gasteiger partial charge in [0.1, 0.15) is 0 Å². The third kappa shape index (κ3) is 11.8. The van der Waals surface area contributed by atoms with E-state index in [1.54, 1.807) is 0 Å². The van der Waals surface area contributed by atoms with E-state index in [9.17, 15) is 14.4 Å². The number of nitrogens with zero attached hydrogens (tertiary/aromatic N) is 2. The lowest BCUT2D eigenvalue weighted by atomic mass is 10.1. The molecule has 1 saturated heterocycles. The molecule has 0 radical (unpaired) electrons. The van der Waals surface area contributed by atoms with E-state index in [0.717, 1.165) is 39.1 Å². The summed E-state index contributed by atoms with van der Waals surface area (Å²) < 4.78 is 5.45. The zero-order chi connectivity index (χ0) is 21.6. The Morgan fingerprint density at radius 1 is 0.931 bits per heavy atom. The highest BCUT2D eigenvalue weighted by atomic mass is 16.5. The van der Waals surface area contributed by atoms with Crippen molar-refractivity contribution in [3.8, 4) is 0 Å². The fourth-order valence-corrected chi connectivity index (χ4v) is 3.06. The van der Waals surface area contributed by atoms with Crippen molar-refractivity contribution in [3.63, 3.8) is 0 Å². The van der Waals surface area contributed by atoms with Crippen LogP contribution >= 0.6 is 0 Å². The summed E-state index contributed by atoms with van der Waals surface area (Å²) in [5.41, 5.74) is 0. The van der Waals surface area contributed by atoms with E-state index in [1.165, 1.54) is 0 Å². The van der Waals surface area contributed by atoms with Crippen LogP contribution in [-0.4, -0.2) is 86.5 Å². The first kappa shape index (κ1) is 25.4. The Kier molecular flexibility index (Phi) is 12.5. The Balaban J connectivity index is 2.04. The second-order valence-electron chi connectivity index (χ2n) is 8.33. The van der Waals surface area contributed by atoms with Crippen molar-refractivity contribution in [1.82, 2.24) is 20.4 Å². The van der Waals surface area contributed by atoms with E-state index >= 15 is 0 Å². The predicted molar refractivity (Wildman–Crippen MR) is 113 cm³/mol. The first-order chi connectivity index (χ1) is 13.8. The minimum absolute atomic E-state index is 0.0143. The first-order valence-corrected chi connectivity index (χ1v) is 10.9. The Bertz CT molecular complexity index is 503. The molecule has 0 unspecified atom stereocenters. The molecule has 1 aliphatic heterocycles. The van der Waals surface area contributed by atoms with Gasteiger partial charge in [-0.15, -0.1) is 0 Å². The predicted octanol–water partition coefficient (Wildman–Crippen LogP) is 0.862. The molecule has 8 nitrogen and oxygen atoms in total. The second kappa shape index (κ2) is 14.3. The average Bonchev–Trinajstić information content (AvgIpc) is 2.67. The topological polar surface area (TPSA) is 91.0 Å². The summed E-state index contributed by atoms with van der Waals surface area (Å²) in [4.78, 5) is 39.5. The van der Waals surface area contributed by atoms with Crippen LogP contribution in [0.1, 0.15) is 47.0 Å². The molecule has 1 fully saturated rings. The summed E-state index contributed by atoms with van der Waals surface area (Å²) >= 11 is 0. The monoisotopic (exact) mass is 412 g/mol. The molecule has 0 bridgehead atoms. The minimum Gasteiger partial charge on any atom is -0.379 e. The third-order valence-electron chi connectivity index (χ3n) is 4.82. The zero-order valence-electron chi connectivity index (χ0n) is 18.7. The summed E-state index contributed by atoms with van der Waals surface area (Å²) in [6.45, 7) is 13.9. The normalized spacial score (nSPS) is 15.0. The Labute approximate surface area is 175 Å². The van der Waals surface area contributed by atoms with Gasteiger partial charge in [-0.25, -0.2) is 0 Å². The van der Waals surface area contributed by atoms with E-state index in [-0.39, 0.29) is 23.6 Å². The summed E-state index contributed by atoms with van der Waals surface area (Å²) in [5.74, 6) is 0.618. The molecule has 0 aromatic rings. The molecule has 0 saturated carbocycles. The van der Waals surface area contributed by atoms with E-state index in [4.69, 9.17) is 4.74 Å². The number of rotatable bonds is 13. The standard InChI is InChI=1S/C21H40N4O4/c1-17(2)16-19(26)22-7-5-9-24-10-12-25(13-11-24)20(27)6-14-29-15-8-23-21(28)18(3)4/h17-18H,5-16H2,1-4H3,(H,22,26)(H,23,28). The maximum absolute atomic E-state index is 12.3. The molecule has 29 heavy (non-hydrogen) atoms. The van der Waals surface area contributed by atoms with Crippen LogP contribution in [0.4, 0.5) is 0 Å². The molecule has 3 amide bonds. The Morgan fingerprint density at radius 2 is 1.62 bits per heavy atom. The summed E-state index contributed by atoms with van der Waals surface area (Å²) in [6.07, 6.45) is 1.88. The highest BCUT2D eigenvalue weighted by Crippen LogP contribution is 2.05. The number of hydrogen-bond acceptors (Lipinski definition) is 5. The van der Waals surface area contributed by atoms with Gasteiger partial charge < -0.3 is 20.3 Å². The van der Waals surface area contributed by atoms with Crippen LogP contribution in [0.15, 0.2) is 0 Å². The number of hydrogen-bond donors (Lipinski definition) is 2. The van der Waals surface area contributed by atoms with Gasteiger partial charge in [-0.3, -0.25) is 19.3 Å². The molecular formula is C21H40N4O4. The van der Waals surface area contributed by atoms with Gasteiger partial charge in [0, 0.05) is 51.6 Å². The molecular weight excluding hydrogens is 372 g/mol. The lowest BCUT2D eigenvalue weighted by molar-refractivity contribution is -0.134. The van der Waals surface area contributed by atoms with E-state index in [0.29, 0.717) is 45.1 Å². The van der Waals surface area contributed by atoms with E-state index in [1.807, 2.05) is 32.6 Å². The van der Waals surface area contributed by atoms with Crippen molar-refractivity contribution in [3.05, 3.63) is 0 Å². The van der Waals surface area contributed by atoms with Crippen LogP contribution < -0.4 is 10.6 Å². The quantitative estimate of drug-likeness (QED) is 0.438. The van der Waals surface area contributed by atoms with Crippen LogP contribution in [0.2, 0.25) is 0 Å². The van der Waals surface area contributed by atoms with Crippen molar-refractivity contribution in [1.29, 1.82) is 0 Å². The van der Waals surface area contributed by atoms with Gasteiger partial charge in [0.15, 0.2) is 0 Å². The molecule has 1 aliphatic rings. The number of ether oxygens (including phenoxy) is 1. The van der Waals surface area contributed by atoms with Gasteiger partial charge >= 0.3 is 0 Å². The molecule has 2 N–H and O–H groups in total.